The summed E-state index contributed by atoms with van der Waals surface area (Å²) < 4.78 is 4.97. The van der Waals surface area contributed by atoms with E-state index in [1.54, 1.807) is 32.9 Å². The Hall–Kier alpha value is -2.08. The highest BCUT2D eigenvalue weighted by molar-refractivity contribution is 5.89. The lowest BCUT2D eigenvalue weighted by Gasteiger charge is -2.23. The number of phenolic OH excluding ortho intramolecular Hbond substituents is 1. The van der Waals surface area contributed by atoms with E-state index in [9.17, 15) is 14.7 Å². The van der Waals surface area contributed by atoms with Gasteiger partial charge < -0.3 is 20.9 Å². The van der Waals surface area contributed by atoms with Crippen LogP contribution in [-0.2, 0) is 20.7 Å². The van der Waals surface area contributed by atoms with Crippen molar-refractivity contribution in [3.63, 3.8) is 0 Å². The monoisotopic (exact) mass is 294 g/mol. The van der Waals surface area contributed by atoms with E-state index in [1.807, 2.05) is 0 Å². The molecule has 0 saturated heterocycles. The van der Waals surface area contributed by atoms with E-state index in [-0.39, 0.29) is 18.8 Å². The highest BCUT2D eigenvalue weighted by Gasteiger charge is 2.28. The van der Waals surface area contributed by atoms with Crippen LogP contribution in [0.3, 0.4) is 0 Å². The van der Waals surface area contributed by atoms with Crippen molar-refractivity contribution in [3.05, 3.63) is 29.8 Å². The summed E-state index contributed by atoms with van der Waals surface area (Å²) in [6.45, 7) is 5.05. The Balaban J connectivity index is 2.84. The average molecular weight is 294 g/mol. The second-order valence-corrected chi connectivity index (χ2v) is 5.37. The molecule has 0 bridgehead atoms. The summed E-state index contributed by atoms with van der Waals surface area (Å²) in [5.41, 5.74) is 5.43. The van der Waals surface area contributed by atoms with Gasteiger partial charge in [0, 0.05) is 6.42 Å². The van der Waals surface area contributed by atoms with Crippen molar-refractivity contribution in [2.45, 2.75) is 38.8 Å². The van der Waals surface area contributed by atoms with Crippen LogP contribution in [0.25, 0.3) is 0 Å². The third-order valence-corrected chi connectivity index (χ3v) is 2.84. The van der Waals surface area contributed by atoms with E-state index in [0.717, 1.165) is 5.56 Å². The first-order valence-corrected chi connectivity index (χ1v) is 6.78. The van der Waals surface area contributed by atoms with Gasteiger partial charge in [0.1, 0.15) is 11.8 Å². The number of esters is 1. The maximum atomic E-state index is 11.9. The molecule has 1 aromatic carbocycles. The van der Waals surface area contributed by atoms with Gasteiger partial charge >= 0.3 is 5.97 Å². The number of phenols is 1. The topological polar surface area (TPSA) is 102 Å². The van der Waals surface area contributed by atoms with E-state index >= 15 is 0 Å². The van der Waals surface area contributed by atoms with Gasteiger partial charge in [0.25, 0.3) is 0 Å². The van der Waals surface area contributed by atoms with Gasteiger partial charge in [-0.15, -0.1) is 0 Å². The number of nitrogens with one attached hydrogen (secondary N) is 1. The molecule has 116 valence electrons. The molecule has 0 aliphatic carbocycles. The molecule has 0 aliphatic rings. The molecule has 6 nitrogen and oxygen atoms in total. The number of carbonyl (C=O) groups is 2. The predicted molar refractivity (Wildman–Crippen MR) is 78.6 cm³/mol. The van der Waals surface area contributed by atoms with Crippen LogP contribution in [0.15, 0.2) is 24.3 Å². The quantitative estimate of drug-likeness (QED) is 0.671. The van der Waals surface area contributed by atoms with Gasteiger partial charge in [-0.2, -0.15) is 0 Å². The molecule has 0 unspecified atom stereocenters. The van der Waals surface area contributed by atoms with Crippen molar-refractivity contribution in [1.82, 2.24) is 5.32 Å². The summed E-state index contributed by atoms with van der Waals surface area (Å²) in [5.74, 6) is -0.805. The van der Waals surface area contributed by atoms with Gasteiger partial charge in [0.05, 0.1) is 12.1 Å². The van der Waals surface area contributed by atoms with E-state index in [0.29, 0.717) is 0 Å². The Labute approximate surface area is 124 Å². The third kappa shape index (κ3) is 5.43. The van der Waals surface area contributed by atoms with Gasteiger partial charge in [0.2, 0.25) is 5.91 Å². The van der Waals surface area contributed by atoms with Gasteiger partial charge in [-0.25, -0.2) is 4.79 Å². The lowest BCUT2D eigenvalue weighted by atomic mass is 10.0. The minimum absolute atomic E-state index is 0.138. The second kappa shape index (κ2) is 7.08. The van der Waals surface area contributed by atoms with Crippen LogP contribution in [-0.4, -0.2) is 35.2 Å². The van der Waals surface area contributed by atoms with Gasteiger partial charge in [-0.3, -0.25) is 4.79 Å². The number of hydrogen-bond acceptors (Lipinski definition) is 5. The fourth-order valence-corrected chi connectivity index (χ4v) is 1.65. The zero-order valence-electron chi connectivity index (χ0n) is 12.6. The number of ether oxygens (including phenoxy) is 1. The smallest absolute Gasteiger partial charge is 0.328 e. The first-order chi connectivity index (χ1) is 9.74. The maximum absolute atomic E-state index is 11.9. The van der Waals surface area contributed by atoms with Crippen LogP contribution in [0.4, 0.5) is 0 Å². The molecular weight excluding hydrogens is 272 g/mol. The van der Waals surface area contributed by atoms with E-state index < -0.39 is 23.5 Å². The van der Waals surface area contributed by atoms with Crippen molar-refractivity contribution in [3.8, 4) is 5.75 Å². The van der Waals surface area contributed by atoms with Crippen LogP contribution in [0.5, 0.6) is 5.75 Å². The van der Waals surface area contributed by atoms with Gasteiger partial charge in [-0.05, 0) is 38.5 Å². The number of benzene rings is 1. The normalized spacial score (nSPS) is 12.6. The summed E-state index contributed by atoms with van der Waals surface area (Å²) >= 11 is 0. The first-order valence-electron chi connectivity index (χ1n) is 6.78. The molecule has 0 aromatic heterocycles. The highest BCUT2D eigenvalue weighted by Crippen LogP contribution is 2.12. The van der Waals surface area contributed by atoms with Crippen LogP contribution in [0.2, 0.25) is 0 Å². The number of rotatable bonds is 6. The molecule has 6 heteroatoms. The average Bonchev–Trinajstić information content (AvgIpc) is 2.39. The molecule has 1 rings (SSSR count). The lowest BCUT2D eigenvalue weighted by Crippen LogP contribution is -2.54. The Kier molecular flexibility index (Phi) is 5.72. The molecule has 0 aliphatic heterocycles. The molecule has 1 atom stereocenters. The molecule has 0 radical (unpaired) electrons. The summed E-state index contributed by atoms with van der Waals surface area (Å²) in [7, 11) is 0. The molecule has 21 heavy (non-hydrogen) atoms. The van der Waals surface area contributed by atoms with Crippen molar-refractivity contribution >= 4 is 11.9 Å². The van der Waals surface area contributed by atoms with Gasteiger partial charge in [-0.1, -0.05) is 12.1 Å². The third-order valence-electron chi connectivity index (χ3n) is 2.84. The van der Waals surface area contributed by atoms with E-state index in [4.69, 9.17) is 10.5 Å². The lowest BCUT2D eigenvalue weighted by molar-refractivity contribution is -0.147. The number of nitrogens with two attached hydrogens (primary N) is 1. The van der Waals surface area contributed by atoms with Crippen LogP contribution >= 0.6 is 0 Å². The van der Waals surface area contributed by atoms with Gasteiger partial charge in [0.15, 0.2) is 0 Å². The summed E-state index contributed by atoms with van der Waals surface area (Å²) in [6, 6.07) is 5.59. The fourth-order valence-electron chi connectivity index (χ4n) is 1.65. The number of amides is 1. The number of carbonyl (C=O) groups excluding carboxylic acids is 2. The predicted octanol–water partition coefficient (Wildman–Crippen LogP) is 0.720. The van der Waals surface area contributed by atoms with Crippen molar-refractivity contribution in [2.75, 3.05) is 6.61 Å². The van der Waals surface area contributed by atoms with Crippen molar-refractivity contribution in [1.29, 1.82) is 0 Å². The maximum Gasteiger partial charge on any atom is 0.328 e. The van der Waals surface area contributed by atoms with Crippen LogP contribution in [0, 0.1) is 0 Å². The molecule has 0 heterocycles. The van der Waals surface area contributed by atoms with E-state index in [2.05, 4.69) is 5.32 Å². The summed E-state index contributed by atoms with van der Waals surface area (Å²) in [5, 5.41) is 11.9. The molecule has 0 spiro atoms. The minimum Gasteiger partial charge on any atom is -0.508 e. The SMILES string of the molecule is CCOC(=O)[C@H](Cc1ccc(O)cc1)NC(=O)C(C)(C)N. The Morgan fingerprint density at radius 3 is 2.38 bits per heavy atom. The largest absolute Gasteiger partial charge is 0.508 e. The Morgan fingerprint density at radius 1 is 1.33 bits per heavy atom. The number of aromatic hydroxyl groups is 1. The Morgan fingerprint density at radius 2 is 1.90 bits per heavy atom. The van der Waals surface area contributed by atoms with E-state index in [1.165, 1.54) is 12.1 Å². The first kappa shape index (κ1) is 17.0. The standard InChI is InChI=1S/C15H22N2O4/c1-4-21-13(19)12(17-14(20)15(2,3)16)9-10-5-7-11(18)8-6-10/h5-8,12,18H,4,9,16H2,1-3H3,(H,17,20)/t12-/m0/s1. The molecule has 1 amide bonds. The minimum atomic E-state index is -1.08. The zero-order chi connectivity index (χ0) is 16.0. The molecule has 1 aromatic rings. The van der Waals surface area contributed by atoms with Crippen LogP contribution < -0.4 is 11.1 Å². The molecule has 0 fully saturated rings. The molecule has 4 N–H and O–H groups in total. The highest BCUT2D eigenvalue weighted by atomic mass is 16.5. The summed E-state index contributed by atoms with van der Waals surface area (Å²) in [4.78, 5) is 23.9. The second-order valence-electron chi connectivity index (χ2n) is 5.37. The van der Waals surface area contributed by atoms with Crippen LogP contribution in [0.1, 0.15) is 26.3 Å². The zero-order valence-corrected chi connectivity index (χ0v) is 12.6. The molecular formula is C15H22N2O4. The molecule has 0 saturated carbocycles. The summed E-state index contributed by atoms with van der Waals surface area (Å²) in [6.07, 6.45) is 0.265. The fraction of sp³-hybridized carbons (Fsp3) is 0.467. The Bertz CT molecular complexity index is 491. The van der Waals surface area contributed by atoms with Crippen molar-refractivity contribution in [2.24, 2.45) is 5.73 Å². The number of hydrogen-bond donors (Lipinski definition) is 3. The van der Waals surface area contributed by atoms with Crippen molar-refractivity contribution < 1.29 is 19.4 Å².